The van der Waals surface area contributed by atoms with Gasteiger partial charge in [0.2, 0.25) is 0 Å². The fourth-order valence-electron chi connectivity index (χ4n) is 2.21. The maximum Gasteiger partial charge on any atom is 0.0946 e. The summed E-state index contributed by atoms with van der Waals surface area (Å²) < 4.78 is 0. The van der Waals surface area contributed by atoms with Gasteiger partial charge in [-0.05, 0) is 32.7 Å². The standard InChI is InChI=1S/C14H26N2S/c1-6-8-10(3)13(15-7-2)9-14-16-11(4)12(5)17-14/h10,13,15H,6-9H2,1-5H3. The van der Waals surface area contributed by atoms with Gasteiger partial charge in [-0.15, -0.1) is 11.3 Å². The van der Waals surface area contributed by atoms with Crippen LogP contribution in [0.3, 0.4) is 0 Å². The molecule has 98 valence electrons. The van der Waals surface area contributed by atoms with E-state index < -0.39 is 0 Å². The predicted molar refractivity (Wildman–Crippen MR) is 76.8 cm³/mol. The van der Waals surface area contributed by atoms with E-state index in [1.807, 2.05) is 11.3 Å². The molecule has 1 heterocycles. The zero-order valence-electron chi connectivity index (χ0n) is 11.8. The van der Waals surface area contributed by atoms with Crippen molar-refractivity contribution in [3.05, 3.63) is 15.6 Å². The van der Waals surface area contributed by atoms with Crippen molar-refractivity contribution in [1.29, 1.82) is 0 Å². The third-order valence-electron chi connectivity index (χ3n) is 3.36. The topological polar surface area (TPSA) is 24.9 Å². The molecule has 1 aromatic rings. The third-order valence-corrected chi connectivity index (χ3v) is 4.46. The van der Waals surface area contributed by atoms with Crippen molar-refractivity contribution >= 4 is 11.3 Å². The first-order valence-electron chi connectivity index (χ1n) is 6.74. The van der Waals surface area contributed by atoms with E-state index in [1.54, 1.807) is 0 Å². The van der Waals surface area contributed by atoms with E-state index in [2.05, 4.69) is 44.9 Å². The quantitative estimate of drug-likeness (QED) is 0.802. The highest BCUT2D eigenvalue weighted by atomic mass is 32.1. The predicted octanol–water partition coefficient (Wildman–Crippen LogP) is 3.72. The van der Waals surface area contributed by atoms with E-state index in [0.29, 0.717) is 6.04 Å². The van der Waals surface area contributed by atoms with Crippen molar-refractivity contribution < 1.29 is 0 Å². The fourth-order valence-corrected chi connectivity index (χ4v) is 3.20. The van der Waals surface area contributed by atoms with Gasteiger partial charge in [-0.3, -0.25) is 0 Å². The van der Waals surface area contributed by atoms with Gasteiger partial charge in [0.25, 0.3) is 0 Å². The Morgan fingerprint density at radius 1 is 1.29 bits per heavy atom. The first-order chi connectivity index (χ1) is 8.08. The number of nitrogens with zero attached hydrogens (tertiary/aromatic N) is 1. The average molecular weight is 254 g/mol. The third kappa shape index (κ3) is 4.40. The second kappa shape index (κ2) is 7.12. The molecule has 17 heavy (non-hydrogen) atoms. The molecule has 0 aromatic carbocycles. The summed E-state index contributed by atoms with van der Waals surface area (Å²) >= 11 is 1.85. The Balaban J connectivity index is 2.65. The maximum absolute atomic E-state index is 4.65. The number of hydrogen-bond acceptors (Lipinski definition) is 3. The van der Waals surface area contributed by atoms with Crippen molar-refractivity contribution in [3.63, 3.8) is 0 Å². The van der Waals surface area contributed by atoms with Crippen molar-refractivity contribution in [2.45, 2.75) is 59.9 Å². The molecule has 0 aliphatic carbocycles. The minimum atomic E-state index is 0.574. The lowest BCUT2D eigenvalue weighted by atomic mass is 9.94. The van der Waals surface area contributed by atoms with Gasteiger partial charge in [0.1, 0.15) is 0 Å². The van der Waals surface area contributed by atoms with E-state index in [9.17, 15) is 0 Å². The second-order valence-electron chi connectivity index (χ2n) is 4.88. The summed E-state index contributed by atoms with van der Waals surface area (Å²) in [6.45, 7) is 12.1. The summed E-state index contributed by atoms with van der Waals surface area (Å²) in [7, 11) is 0. The Kier molecular flexibility index (Phi) is 6.14. The molecule has 0 radical (unpaired) electrons. The summed E-state index contributed by atoms with van der Waals surface area (Å²) in [5.41, 5.74) is 1.20. The Bertz CT molecular complexity index is 313. The van der Waals surface area contributed by atoms with Crippen LogP contribution in [0.4, 0.5) is 0 Å². The molecule has 0 bridgehead atoms. The highest BCUT2D eigenvalue weighted by molar-refractivity contribution is 7.11. The number of hydrogen-bond donors (Lipinski definition) is 1. The highest BCUT2D eigenvalue weighted by Crippen LogP contribution is 2.21. The van der Waals surface area contributed by atoms with Gasteiger partial charge >= 0.3 is 0 Å². The number of nitrogens with one attached hydrogen (secondary N) is 1. The molecule has 2 unspecified atom stereocenters. The van der Waals surface area contributed by atoms with Crippen molar-refractivity contribution in [2.75, 3.05) is 6.54 Å². The molecule has 1 rings (SSSR count). The highest BCUT2D eigenvalue weighted by Gasteiger charge is 2.18. The molecule has 1 aromatic heterocycles. The van der Waals surface area contributed by atoms with Crippen LogP contribution in [0.2, 0.25) is 0 Å². The minimum absolute atomic E-state index is 0.574. The zero-order chi connectivity index (χ0) is 12.8. The van der Waals surface area contributed by atoms with E-state index in [0.717, 1.165) is 18.9 Å². The lowest BCUT2D eigenvalue weighted by Gasteiger charge is -2.23. The number of aromatic nitrogens is 1. The average Bonchev–Trinajstić information content (AvgIpc) is 2.58. The molecular weight excluding hydrogens is 228 g/mol. The fraction of sp³-hybridized carbons (Fsp3) is 0.786. The van der Waals surface area contributed by atoms with Gasteiger partial charge in [0.05, 0.1) is 10.7 Å². The monoisotopic (exact) mass is 254 g/mol. The molecule has 3 heteroatoms. The first-order valence-corrected chi connectivity index (χ1v) is 7.56. The van der Waals surface area contributed by atoms with Crippen LogP contribution in [-0.4, -0.2) is 17.6 Å². The van der Waals surface area contributed by atoms with Crippen LogP contribution in [0, 0.1) is 19.8 Å². The normalized spacial score (nSPS) is 14.9. The summed E-state index contributed by atoms with van der Waals surface area (Å²) in [5, 5.41) is 4.90. The molecule has 0 fully saturated rings. The summed E-state index contributed by atoms with van der Waals surface area (Å²) in [5.74, 6) is 0.726. The van der Waals surface area contributed by atoms with Gasteiger partial charge < -0.3 is 5.32 Å². The number of aryl methyl sites for hydroxylation is 2. The first kappa shape index (κ1) is 14.7. The van der Waals surface area contributed by atoms with Crippen LogP contribution in [0.25, 0.3) is 0 Å². The Labute approximate surface area is 110 Å². The van der Waals surface area contributed by atoms with Gasteiger partial charge in [-0.1, -0.05) is 27.2 Å². The molecular formula is C14H26N2S. The van der Waals surface area contributed by atoms with Crippen molar-refractivity contribution in [3.8, 4) is 0 Å². The van der Waals surface area contributed by atoms with Crippen LogP contribution in [-0.2, 0) is 6.42 Å². The van der Waals surface area contributed by atoms with Gasteiger partial charge in [-0.25, -0.2) is 4.98 Å². The minimum Gasteiger partial charge on any atom is -0.314 e. The molecule has 2 nitrogen and oxygen atoms in total. The van der Waals surface area contributed by atoms with Crippen molar-refractivity contribution in [2.24, 2.45) is 5.92 Å². The Morgan fingerprint density at radius 2 is 2.00 bits per heavy atom. The van der Waals surface area contributed by atoms with E-state index in [-0.39, 0.29) is 0 Å². The summed E-state index contributed by atoms with van der Waals surface area (Å²) in [6, 6.07) is 0.574. The van der Waals surface area contributed by atoms with Crippen LogP contribution in [0.5, 0.6) is 0 Å². The molecule has 0 saturated heterocycles. The van der Waals surface area contributed by atoms with Gasteiger partial charge in [0, 0.05) is 17.3 Å². The second-order valence-corrected chi connectivity index (χ2v) is 6.17. The maximum atomic E-state index is 4.65. The lowest BCUT2D eigenvalue weighted by Crippen LogP contribution is -2.36. The number of thiazole rings is 1. The van der Waals surface area contributed by atoms with Crippen molar-refractivity contribution in [1.82, 2.24) is 10.3 Å². The summed E-state index contributed by atoms with van der Waals surface area (Å²) in [6.07, 6.45) is 3.63. The molecule has 0 aliphatic rings. The van der Waals surface area contributed by atoms with E-state index >= 15 is 0 Å². The van der Waals surface area contributed by atoms with Crippen LogP contribution >= 0.6 is 11.3 Å². The molecule has 0 aliphatic heterocycles. The van der Waals surface area contributed by atoms with Gasteiger partial charge in [-0.2, -0.15) is 0 Å². The molecule has 0 amide bonds. The van der Waals surface area contributed by atoms with Crippen LogP contribution in [0.15, 0.2) is 0 Å². The Hall–Kier alpha value is -0.410. The smallest absolute Gasteiger partial charge is 0.0946 e. The van der Waals surface area contributed by atoms with E-state index in [1.165, 1.54) is 28.4 Å². The van der Waals surface area contributed by atoms with Gasteiger partial charge in [0.15, 0.2) is 0 Å². The molecule has 0 saturated carbocycles. The lowest BCUT2D eigenvalue weighted by molar-refractivity contribution is 0.357. The Morgan fingerprint density at radius 3 is 2.47 bits per heavy atom. The van der Waals surface area contributed by atoms with Crippen LogP contribution in [0.1, 0.15) is 49.2 Å². The van der Waals surface area contributed by atoms with Crippen LogP contribution < -0.4 is 5.32 Å². The summed E-state index contributed by atoms with van der Waals surface area (Å²) in [4.78, 5) is 6.01. The zero-order valence-corrected chi connectivity index (χ0v) is 12.7. The van der Waals surface area contributed by atoms with E-state index in [4.69, 9.17) is 0 Å². The molecule has 2 atom stereocenters. The molecule has 0 spiro atoms. The number of rotatable bonds is 7. The largest absolute Gasteiger partial charge is 0.314 e. The SMILES string of the molecule is CCCC(C)C(Cc1nc(C)c(C)s1)NCC. The number of likely N-dealkylation sites (N-methyl/N-ethyl adjacent to an activating group) is 1. The molecule has 1 N–H and O–H groups in total.